The summed E-state index contributed by atoms with van der Waals surface area (Å²) in [6.07, 6.45) is 3.08. The van der Waals surface area contributed by atoms with Crippen LogP contribution in [-0.4, -0.2) is 67.0 Å². The van der Waals surface area contributed by atoms with Gasteiger partial charge in [0.2, 0.25) is 0 Å². The second-order valence-corrected chi connectivity index (χ2v) is 7.54. The first kappa shape index (κ1) is 20.4. The second kappa shape index (κ2) is 9.75. The molecule has 8 nitrogen and oxygen atoms in total. The molecule has 28 heavy (non-hydrogen) atoms. The van der Waals surface area contributed by atoms with E-state index in [2.05, 4.69) is 5.32 Å². The van der Waals surface area contributed by atoms with E-state index in [4.69, 9.17) is 20.3 Å². The number of hydrogen-bond acceptors (Lipinski definition) is 6. The SMILES string of the molecule is NC(Cc1ccc(OCC2CN(CCC3CCNCC3)C(=O)O2)cc1)C(=O)O. The van der Waals surface area contributed by atoms with E-state index >= 15 is 0 Å². The van der Waals surface area contributed by atoms with Gasteiger partial charge >= 0.3 is 12.1 Å². The molecule has 2 aliphatic heterocycles. The van der Waals surface area contributed by atoms with Crippen LogP contribution in [0.1, 0.15) is 24.8 Å². The molecule has 1 aromatic carbocycles. The lowest BCUT2D eigenvalue weighted by atomic mass is 9.94. The highest BCUT2D eigenvalue weighted by molar-refractivity contribution is 5.73. The molecule has 0 radical (unpaired) electrons. The fraction of sp³-hybridized carbons (Fsp3) is 0.600. The van der Waals surface area contributed by atoms with Crippen LogP contribution in [0.15, 0.2) is 24.3 Å². The number of nitrogens with two attached hydrogens (primary N) is 1. The van der Waals surface area contributed by atoms with Crippen LogP contribution >= 0.6 is 0 Å². The van der Waals surface area contributed by atoms with Gasteiger partial charge < -0.3 is 30.5 Å². The number of carboxylic acids is 1. The number of hydrogen-bond donors (Lipinski definition) is 3. The van der Waals surface area contributed by atoms with Crippen LogP contribution in [0.25, 0.3) is 0 Å². The molecule has 1 amide bonds. The highest BCUT2D eigenvalue weighted by atomic mass is 16.6. The molecule has 1 aromatic rings. The third kappa shape index (κ3) is 5.84. The van der Waals surface area contributed by atoms with Crippen molar-refractivity contribution in [1.29, 1.82) is 0 Å². The van der Waals surface area contributed by atoms with E-state index in [9.17, 15) is 9.59 Å². The first-order valence-corrected chi connectivity index (χ1v) is 9.87. The fourth-order valence-electron chi connectivity index (χ4n) is 3.60. The zero-order valence-electron chi connectivity index (χ0n) is 16.0. The van der Waals surface area contributed by atoms with E-state index < -0.39 is 12.0 Å². The van der Waals surface area contributed by atoms with Crippen molar-refractivity contribution in [3.05, 3.63) is 29.8 Å². The van der Waals surface area contributed by atoms with Crippen LogP contribution in [0.4, 0.5) is 4.79 Å². The Bertz CT molecular complexity index is 660. The van der Waals surface area contributed by atoms with Gasteiger partial charge in [-0.25, -0.2) is 4.79 Å². The first-order chi connectivity index (χ1) is 13.5. The molecule has 0 bridgehead atoms. The predicted octanol–water partition coefficient (Wildman–Crippen LogP) is 1.23. The minimum absolute atomic E-state index is 0.263. The van der Waals surface area contributed by atoms with E-state index in [-0.39, 0.29) is 18.6 Å². The average Bonchev–Trinajstić information content (AvgIpc) is 3.06. The van der Waals surface area contributed by atoms with Gasteiger partial charge in [0.15, 0.2) is 6.10 Å². The summed E-state index contributed by atoms with van der Waals surface area (Å²) in [4.78, 5) is 24.6. The number of rotatable bonds is 9. The fourth-order valence-corrected chi connectivity index (χ4v) is 3.60. The zero-order chi connectivity index (χ0) is 19.9. The molecule has 0 aliphatic carbocycles. The minimum atomic E-state index is -1.02. The van der Waals surface area contributed by atoms with Crippen LogP contribution in [0.2, 0.25) is 0 Å². The molecule has 8 heteroatoms. The van der Waals surface area contributed by atoms with Gasteiger partial charge in [0, 0.05) is 6.54 Å². The zero-order valence-corrected chi connectivity index (χ0v) is 16.0. The summed E-state index contributed by atoms with van der Waals surface area (Å²) in [5.74, 6) is 0.307. The number of carbonyl (C=O) groups is 2. The summed E-state index contributed by atoms with van der Waals surface area (Å²) in [7, 11) is 0. The van der Waals surface area contributed by atoms with Crippen LogP contribution in [0.3, 0.4) is 0 Å². The van der Waals surface area contributed by atoms with E-state index in [0.29, 0.717) is 24.8 Å². The lowest BCUT2D eigenvalue weighted by Gasteiger charge is -2.24. The van der Waals surface area contributed by atoms with E-state index in [1.54, 1.807) is 29.2 Å². The van der Waals surface area contributed by atoms with Crippen molar-refractivity contribution in [3.8, 4) is 5.75 Å². The maximum absolute atomic E-state index is 12.0. The predicted molar refractivity (Wildman–Crippen MR) is 103 cm³/mol. The number of nitrogens with one attached hydrogen (secondary N) is 1. The average molecular weight is 391 g/mol. The maximum Gasteiger partial charge on any atom is 0.410 e. The standard InChI is InChI=1S/C20H29N3O5/c21-18(19(24)25)11-15-1-3-16(4-2-15)27-13-17-12-23(20(26)28-17)10-7-14-5-8-22-9-6-14/h1-4,14,17-18,22H,5-13,21H2,(H,24,25). The molecule has 4 N–H and O–H groups in total. The monoisotopic (exact) mass is 391 g/mol. The molecule has 3 rings (SSSR count). The van der Waals surface area contributed by atoms with Crippen molar-refractivity contribution in [2.24, 2.45) is 11.7 Å². The second-order valence-electron chi connectivity index (χ2n) is 7.54. The summed E-state index contributed by atoms with van der Waals surface area (Å²) in [5, 5.41) is 12.2. The van der Waals surface area contributed by atoms with Gasteiger partial charge in [-0.05, 0) is 62.4 Å². The number of carboxylic acid groups (broad SMARTS) is 1. The number of carbonyl (C=O) groups excluding carboxylic acids is 1. The van der Waals surface area contributed by atoms with Crippen molar-refractivity contribution < 1.29 is 24.2 Å². The Morgan fingerprint density at radius 2 is 2.04 bits per heavy atom. The molecular formula is C20H29N3O5. The van der Waals surface area contributed by atoms with E-state index in [1.165, 1.54) is 12.8 Å². The number of nitrogens with zero attached hydrogens (tertiary/aromatic N) is 1. The summed E-state index contributed by atoms with van der Waals surface area (Å²) in [6.45, 7) is 3.71. The summed E-state index contributed by atoms with van der Waals surface area (Å²) < 4.78 is 11.1. The minimum Gasteiger partial charge on any atom is -0.490 e. The van der Waals surface area contributed by atoms with Crippen LogP contribution in [0, 0.1) is 5.92 Å². The van der Waals surface area contributed by atoms with E-state index in [1.807, 2.05) is 0 Å². The maximum atomic E-state index is 12.0. The Balaban J connectivity index is 1.40. The molecule has 2 unspecified atom stereocenters. The largest absolute Gasteiger partial charge is 0.490 e. The number of cyclic esters (lactones) is 1. The van der Waals surface area contributed by atoms with Crippen molar-refractivity contribution in [2.45, 2.75) is 37.8 Å². The van der Waals surface area contributed by atoms with Gasteiger partial charge in [0.1, 0.15) is 18.4 Å². The Kier molecular flexibility index (Phi) is 7.11. The third-order valence-electron chi connectivity index (χ3n) is 5.35. The molecule has 2 fully saturated rings. The Labute approximate surface area is 165 Å². The molecule has 2 saturated heterocycles. The molecule has 2 aliphatic rings. The van der Waals surface area contributed by atoms with Crippen molar-refractivity contribution >= 4 is 12.1 Å². The Morgan fingerprint density at radius 1 is 1.32 bits per heavy atom. The summed E-state index contributed by atoms with van der Waals surface area (Å²) >= 11 is 0. The van der Waals surface area contributed by atoms with E-state index in [0.717, 1.165) is 31.6 Å². The highest BCUT2D eigenvalue weighted by Gasteiger charge is 2.32. The van der Waals surface area contributed by atoms with Gasteiger partial charge in [0.05, 0.1) is 6.54 Å². The quantitative estimate of drug-likeness (QED) is 0.580. The van der Waals surface area contributed by atoms with Gasteiger partial charge in [-0.3, -0.25) is 4.79 Å². The molecule has 0 saturated carbocycles. The van der Waals surface area contributed by atoms with Gasteiger partial charge in [-0.15, -0.1) is 0 Å². The number of ether oxygens (including phenoxy) is 2. The Morgan fingerprint density at radius 3 is 2.71 bits per heavy atom. The lowest BCUT2D eigenvalue weighted by Crippen LogP contribution is -2.32. The highest BCUT2D eigenvalue weighted by Crippen LogP contribution is 2.20. The lowest BCUT2D eigenvalue weighted by molar-refractivity contribution is -0.138. The smallest absolute Gasteiger partial charge is 0.410 e. The van der Waals surface area contributed by atoms with Crippen molar-refractivity contribution in [1.82, 2.24) is 10.2 Å². The Hall–Kier alpha value is -2.32. The molecule has 154 valence electrons. The number of amides is 1. The number of aliphatic carboxylic acids is 1. The topological polar surface area (TPSA) is 114 Å². The number of benzene rings is 1. The van der Waals surface area contributed by atoms with Crippen molar-refractivity contribution in [3.63, 3.8) is 0 Å². The molecule has 0 spiro atoms. The molecular weight excluding hydrogens is 362 g/mol. The van der Waals surface area contributed by atoms with Crippen LogP contribution in [-0.2, 0) is 16.0 Å². The molecule has 2 heterocycles. The summed E-state index contributed by atoms with van der Waals surface area (Å²) in [5.41, 5.74) is 6.37. The van der Waals surface area contributed by atoms with Gasteiger partial charge in [-0.1, -0.05) is 12.1 Å². The molecule has 2 atom stereocenters. The van der Waals surface area contributed by atoms with Crippen molar-refractivity contribution in [2.75, 3.05) is 32.8 Å². The van der Waals surface area contributed by atoms with Gasteiger partial charge in [-0.2, -0.15) is 0 Å². The third-order valence-corrected chi connectivity index (χ3v) is 5.35. The number of piperidine rings is 1. The molecule has 0 aromatic heterocycles. The summed E-state index contributed by atoms with van der Waals surface area (Å²) in [6, 6.07) is 6.22. The normalized spacial score (nSPS) is 21.4. The first-order valence-electron chi connectivity index (χ1n) is 9.87. The van der Waals surface area contributed by atoms with Crippen LogP contribution in [0.5, 0.6) is 5.75 Å². The van der Waals surface area contributed by atoms with Crippen LogP contribution < -0.4 is 15.8 Å². The van der Waals surface area contributed by atoms with Gasteiger partial charge in [0.25, 0.3) is 0 Å².